The van der Waals surface area contributed by atoms with Crippen molar-refractivity contribution in [3.8, 4) is 5.88 Å². The van der Waals surface area contributed by atoms with Crippen LogP contribution in [0.5, 0.6) is 5.88 Å². The second-order valence-electron chi connectivity index (χ2n) is 5.80. The van der Waals surface area contributed by atoms with E-state index >= 15 is 0 Å². The van der Waals surface area contributed by atoms with E-state index in [0.717, 1.165) is 6.07 Å². The van der Waals surface area contributed by atoms with Crippen LogP contribution < -0.4 is 35.1 Å². The Labute approximate surface area is 186 Å². The SMILES string of the molecule is O=c1c(N=Nc2ccc(S(=O)(=O)[O-])c3ccccc23)c(O)nc2ccccn12.[Na+]. The van der Waals surface area contributed by atoms with E-state index < -0.39 is 21.6 Å². The van der Waals surface area contributed by atoms with Crippen LogP contribution >= 0.6 is 0 Å². The molecule has 0 aliphatic rings. The van der Waals surface area contributed by atoms with Crippen molar-refractivity contribution in [3.05, 3.63) is 71.1 Å². The average molecular weight is 418 g/mol. The molecule has 11 heteroatoms. The van der Waals surface area contributed by atoms with Gasteiger partial charge in [0.15, 0.2) is 0 Å². The Balaban J connectivity index is 0.00000240. The van der Waals surface area contributed by atoms with Crippen LogP contribution in [0.25, 0.3) is 16.4 Å². The van der Waals surface area contributed by atoms with E-state index in [0.29, 0.717) is 5.39 Å². The zero-order valence-electron chi connectivity index (χ0n) is 15.1. The smallest absolute Gasteiger partial charge is 0.744 e. The fraction of sp³-hybridized carbons (Fsp3) is 0. The maximum atomic E-state index is 12.5. The van der Waals surface area contributed by atoms with E-state index in [9.17, 15) is 22.9 Å². The number of aromatic nitrogens is 2. The van der Waals surface area contributed by atoms with Crippen LogP contribution in [0.4, 0.5) is 11.4 Å². The molecule has 0 aliphatic carbocycles. The van der Waals surface area contributed by atoms with Crippen LogP contribution in [0.2, 0.25) is 0 Å². The summed E-state index contributed by atoms with van der Waals surface area (Å²) in [6.07, 6.45) is 1.48. The fourth-order valence-electron chi connectivity index (χ4n) is 2.82. The number of fused-ring (bicyclic) bond motifs is 2. The van der Waals surface area contributed by atoms with E-state index in [2.05, 4.69) is 15.2 Å². The molecule has 9 nitrogen and oxygen atoms in total. The van der Waals surface area contributed by atoms with Crippen LogP contribution in [-0.4, -0.2) is 27.5 Å². The van der Waals surface area contributed by atoms with Crippen molar-refractivity contribution in [3.63, 3.8) is 0 Å². The summed E-state index contributed by atoms with van der Waals surface area (Å²) < 4.78 is 35.6. The number of nitrogens with zero attached hydrogens (tertiary/aromatic N) is 4. The van der Waals surface area contributed by atoms with Gasteiger partial charge >= 0.3 is 29.6 Å². The number of aromatic hydroxyl groups is 1. The number of hydrogen-bond acceptors (Lipinski definition) is 8. The molecule has 0 atom stereocenters. The van der Waals surface area contributed by atoms with Crippen LogP contribution in [-0.2, 0) is 10.1 Å². The first kappa shape index (κ1) is 21.1. The minimum Gasteiger partial charge on any atom is -0.744 e. The van der Waals surface area contributed by atoms with Gasteiger partial charge in [0.1, 0.15) is 15.8 Å². The van der Waals surface area contributed by atoms with Crippen LogP contribution in [0.3, 0.4) is 0 Å². The predicted molar refractivity (Wildman–Crippen MR) is 99.2 cm³/mol. The van der Waals surface area contributed by atoms with Crippen LogP contribution in [0.15, 0.2) is 80.7 Å². The Morgan fingerprint density at radius 2 is 1.66 bits per heavy atom. The summed E-state index contributed by atoms with van der Waals surface area (Å²) in [5.41, 5.74) is -0.512. The first-order chi connectivity index (χ1) is 13.4. The number of pyridine rings is 1. The van der Waals surface area contributed by atoms with E-state index in [1.165, 1.54) is 22.7 Å². The molecule has 0 bridgehead atoms. The van der Waals surface area contributed by atoms with Crippen molar-refractivity contribution < 1.29 is 47.6 Å². The van der Waals surface area contributed by atoms with Gasteiger partial charge in [0, 0.05) is 17.0 Å². The van der Waals surface area contributed by atoms with Gasteiger partial charge in [-0.3, -0.25) is 9.20 Å². The molecule has 0 radical (unpaired) electrons. The Kier molecular flexibility index (Phi) is 5.82. The molecule has 0 spiro atoms. The van der Waals surface area contributed by atoms with Crippen molar-refractivity contribution in [2.24, 2.45) is 10.2 Å². The minimum atomic E-state index is -4.68. The molecular formula is C18H11N4NaO5S. The van der Waals surface area contributed by atoms with Crippen LogP contribution in [0.1, 0.15) is 0 Å². The van der Waals surface area contributed by atoms with E-state index in [1.54, 1.807) is 36.4 Å². The zero-order chi connectivity index (χ0) is 19.9. The molecule has 0 saturated carbocycles. The van der Waals surface area contributed by atoms with Gasteiger partial charge < -0.3 is 9.66 Å². The summed E-state index contributed by atoms with van der Waals surface area (Å²) >= 11 is 0. The molecule has 4 rings (SSSR count). The Bertz CT molecular complexity index is 1430. The van der Waals surface area contributed by atoms with E-state index in [1.807, 2.05) is 0 Å². The number of hydrogen-bond donors (Lipinski definition) is 1. The third kappa shape index (κ3) is 3.93. The average Bonchev–Trinajstić information content (AvgIpc) is 2.67. The second-order valence-corrected chi connectivity index (χ2v) is 7.15. The van der Waals surface area contributed by atoms with E-state index in [-0.39, 0.29) is 56.9 Å². The first-order valence-corrected chi connectivity index (χ1v) is 9.37. The molecule has 2 aromatic carbocycles. The minimum absolute atomic E-state index is 0. The van der Waals surface area contributed by atoms with Gasteiger partial charge in [-0.2, -0.15) is 4.98 Å². The normalized spacial score (nSPS) is 11.8. The van der Waals surface area contributed by atoms with Gasteiger partial charge in [-0.15, -0.1) is 10.2 Å². The second kappa shape index (κ2) is 8.01. The largest absolute Gasteiger partial charge is 1.00 e. The summed E-state index contributed by atoms with van der Waals surface area (Å²) in [6.45, 7) is 0. The third-order valence-electron chi connectivity index (χ3n) is 4.08. The molecule has 2 aromatic heterocycles. The molecule has 1 N–H and O–H groups in total. The molecule has 0 fully saturated rings. The van der Waals surface area contributed by atoms with Gasteiger partial charge in [0.05, 0.1) is 10.6 Å². The Morgan fingerprint density at radius 3 is 2.38 bits per heavy atom. The molecule has 29 heavy (non-hydrogen) atoms. The molecular weight excluding hydrogens is 407 g/mol. The van der Waals surface area contributed by atoms with Gasteiger partial charge in [-0.25, -0.2) is 8.42 Å². The Morgan fingerprint density at radius 1 is 0.966 bits per heavy atom. The summed E-state index contributed by atoms with van der Waals surface area (Å²) in [5, 5.41) is 18.4. The van der Waals surface area contributed by atoms with Crippen molar-refractivity contribution in [1.82, 2.24) is 9.38 Å². The van der Waals surface area contributed by atoms with Crippen molar-refractivity contribution in [1.29, 1.82) is 0 Å². The maximum absolute atomic E-state index is 12.5. The van der Waals surface area contributed by atoms with Crippen molar-refractivity contribution >= 4 is 37.9 Å². The third-order valence-corrected chi connectivity index (χ3v) is 4.97. The van der Waals surface area contributed by atoms with Gasteiger partial charge in [-0.1, -0.05) is 30.3 Å². The number of benzene rings is 2. The van der Waals surface area contributed by atoms with Gasteiger partial charge in [0.25, 0.3) is 5.56 Å². The summed E-state index contributed by atoms with van der Waals surface area (Å²) in [5.74, 6) is -0.581. The molecule has 2 heterocycles. The van der Waals surface area contributed by atoms with Gasteiger partial charge in [0.2, 0.25) is 11.6 Å². The van der Waals surface area contributed by atoms with Gasteiger partial charge in [-0.05, 0) is 24.3 Å². The zero-order valence-corrected chi connectivity index (χ0v) is 17.9. The standard InChI is InChI=1S/C18H12N4O5S.Na/c23-17-16(18(24)22-10-4-3-7-15(22)19-17)21-20-13-8-9-14(28(25,26)27)12-6-2-1-5-11(12)13;/h1-10,23H,(H,25,26,27);/q;+1/p-1. The summed E-state index contributed by atoms with van der Waals surface area (Å²) in [6, 6.07) is 13.6. The molecule has 0 unspecified atom stereocenters. The number of azo groups is 1. The first-order valence-electron chi connectivity index (χ1n) is 7.96. The molecule has 0 amide bonds. The van der Waals surface area contributed by atoms with Crippen molar-refractivity contribution in [2.45, 2.75) is 4.90 Å². The van der Waals surface area contributed by atoms with E-state index in [4.69, 9.17) is 0 Å². The Hall–Kier alpha value is -2.63. The topological polar surface area (TPSA) is 137 Å². The monoisotopic (exact) mass is 418 g/mol. The fourth-order valence-corrected chi connectivity index (χ4v) is 3.50. The molecule has 140 valence electrons. The predicted octanol–water partition coefficient (Wildman–Crippen LogP) is -0.123. The maximum Gasteiger partial charge on any atom is 1.00 e. The molecule has 4 aromatic rings. The number of rotatable bonds is 3. The molecule has 0 saturated heterocycles. The summed E-state index contributed by atoms with van der Waals surface area (Å²) in [4.78, 5) is 16.0. The summed E-state index contributed by atoms with van der Waals surface area (Å²) in [7, 11) is -4.68. The van der Waals surface area contributed by atoms with Crippen molar-refractivity contribution in [2.75, 3.05) is 0 Å². The quantitative estimate of drug-likeness (QED) is 0.280. The van der Waals surface area contributed by atoms with Crippen LogP contribution in [0, 0.1) is 0 Å². The molecule has 0 aliphatic heterocycles.